The Bertz CT molecular complexity index is 820. The molecule has 1 heterocycles. The summed E-state index contributed by atoms with van der Waals surface area (Å²) in [5, 5.41) is 5.29. The molecule has 0 unspecified atom stereocenters. The van der Waals surface area contributed by atoms with E-state index in [0.29, 0.717) is 10.7 Å². The van der Waals surface area contributed by atoms with Crippen molar-refractivity contribution in [1.29, 1.82) is 0 Å². The summed E-state index contributed by atoms with van der Waals surface area (Å²) < 4.78 is 5.18. The number of benzene rings is 2. The Labute approximate surface area is 132 Å². The van der Waals surface area contributed by atoms with Crippen molar-refractivity contribution in [3.63, 3.8) is 0 Å². The maximum Gasteiger partial charge on any atom is 0.411 e. The Morgan fingerprint density at radius 1 is 1.14 bits per heavy atom. The SMILES string of the molecule is O=C(Nc1ccc2cnccc2c1)OCc1ccccc1Cl. The summed E-state index contributed by atoms with van der Waals surface area (Å²) in [6.07, 6.45) is 2.96. The molecular weight excluding hydrogens is 300 g/mol. The summed E-state index contributed by atoms with van der Waals surface area (Å²) in [7, 11) is 0. The standard InChI is InChI=1S/C17H13ClN2O2/c18-16-4-2-1-3-14(16)11-22-17(21)20-15-6-5-13-10-19-8-7-12(13)9-15/h1-10H,11H2,(H,20,21). The van der Waals surface area contributed by atoms with Crippen LogP contribution in [0.2, 0.25) is 5.02 Å². The maximum absolute atomic E-state index is 11.8. The first-order valence-electron chi connectivity index (χ1n) is 6.73. The monoisotopic (exact) mass is 312 g/mol. The van der Waals surface area contributed by atoms with Gasteiger partial charge in [0.2, 0.25) is 0 Å². The van der Waals surface area contributed by atoms with E-state index < -0.39 is 6.09 Å². The lowest BCUT2D eigenvalue weighted by Gasteiger charge is -2.08. The Morgan fingerprint density at radius 2 is 2.00 bits per heavy atom. The van der Waals surface area contributed by atoms with E-state index in [0.717, 1.165) is 16.3 Å². The molecule has 1 N–H and O–H groups in total. The van der Waals surface area contributed by atoms with E-state index in [9.17, 15) is 4.79 Å². The third kappa shape index (κ3) is 3.35. The van der Waals surface area contributed by atoms with Crippen LogP contribution in [0.15, 0.2) is 60.9 Å². The van der Waals surface area contributed by atoms with Gasteiger partial charge in [-0.15, -0.1) is 0 Å². The minimum Gasteiger partial charge on any atom is -0.444 e. The van der Waals surface area contributed by atoms with Crippen LogP contribution in [0.1, 0.15) is 5.56 Å². The molecule has 110 valence electrons. The molecule has 0 atom stereocenters. The Hall–Kier alpha value is -2.59. The Morgan fingerprint density at radius 3 is 2.86 bits per heavy atom. The third-order valence-corrected chi connectivity index (χ3v) is 3.57. The maximum atomic E-state index is 11.8. The molecular formula is C17H13ClN2O2. The first kappa shape index (κ1) is 14.4. The fourth-order valence-corrected chi connectivity index (χ4v) is 2.26. The van der Waals surface area contributed by atoms with E-state index in [4.69, 9.17) is 16.3 Å². The number of aromatic nitrogens is 1. The molecule has 3 rings (SSSR count). The van der Waals surface area contributed by atoms with Gasteiger partial charge >= 0.3 is 6.09 Å². The van der Waals surface area contributed by atoms with E-state index in [1.165, 1.54) is 0 Å². The number of nitrogens with one attached hydrogen (secondary N) is 1. The van der Waals surface area contributed by atoms with Crippen molar-refractivity contribution in [3.8, 4) is 0 Å². The second-order valence-corrected chi connectivity index (χ2v) is 5.14. The van der Waals surface area contributed by atoms with Crippen LogP contribution in [0, 0.1) is 0 Å². The number of hydrogen-bond acceptors (Lipinski definition) is 3. The molecule has 1 aromatic heterocycles. The number of halogens is 1. The molecule has 0 radical (unpaired) electrons. The summed E-state index contributed by atoms with van der Waals surface area (Å²) >= 11 is 6.02. The quantitative estimate of drug-likeness (QED) is 0.766. The van der Waals surface area contributed by atoms with Crippen molar-refractivity contribution < 1.29 is 9.53 Å². The lowest BCUT2D eigenvalue weighted by Crippen LogP contribution is -2.13. The van der Waals surface area contributed by atoms with Gasteiger partial charge in [0.15, 0.2) is 0 Å². The Balaban J connectivity index is 1.64. The van der Waals surface area contributed by atoms with E-state index in [1.54, 1.807) is 24.5 Å². The summed E-state index contributed by atoms with van der Waals surface area (Å²) in [5.41, 5.74) is 1.44. The van der Waals surface area contributed by atoms with Gasteiger partial charge < -0.3 is 4.74 Å². The molecule has 0 aliphatic heterocycles. The first-order chi connectivity index (χ1) is 10.7. The smallest absolute Gasteiger partial charge is 0.411 e. The van der Waals surface area contributed by atoms with Gasteiger partial charge in [-0.3, -0.25) is 10.3 Å². The van der Waals surface area contributed by atoms with Gasteiger partial charge in [0.25, 0.3) is 0 Å². The summed E-state index contributed by atoms with van der Waals surface area (Å²) in [6.45, 7) is 0.128. The van der Waals surface area contributed by atoms with E-state index in [-0.39, 0.29) is 6.61 Å². The Kier molecular flexibility index (Phi) is 4.21. The zero-order valence-corrected chi connectivity index (χ0v) is 12.4. The fraction of sp³-hybridized carbons (Fsp3) is 0.0588. The van der Waals surface area contributed by atoms with E-state index in [2.05, 4.69) is 10.3 Å². The molecule has 0 fully saturated rings. The highest BCUT2D eigenvalue weighted by atomic mass is 35.5. The number of hydrogen-bond donors (Lipinski definition) is 1. The van der Waals surface area contributed by atoms with Crippen molar-refractivity contribution >= 4 is 34.2 Å². The third-order valence-electron chi connectivity index (χ3n) is 3.20. The topological polar surface area (TPSA) is 51.2 Å². The van der Waals surface area contributed by atoms with Gasteiger partial charge in [0.05, 0.1) is 0 Å². The molecule has 2 aromatic carbocycles. The predicted molar refractivity (Wildman–Crippen MR) is 87.0 cm³/mol. The number of ether oxygens (including phenoxy) is 1. The van der Waals surface area contributed by atoms with Crippen LogP contribution in [0.3, 0.4) is 0 Å². The highest BCUT2D eigenvalue weighted by molar-refractivity contribution is 6.31. The average molecular weight is 313 g/mol. The van der Waals surface area contributed by atoms with E-state index in [1.807, 2.05) is 36.4 Å². The van der Waals surface area contributed by atoms with Crippen LogP contribution < -0.4 is 5.32 Å². The normalized spacial score (nSPS) is 10.4. The van der Waals surface area contributed by atoms with Gasteiger partial charge in [-0.2, -0.15) is 0 Å². The number of carbonyl (C=O) groups is 1. The molecule has 0 spiro atoms. The van der Waals surface area contributed by atoms with Crippen LogP contribution in [-0.4, -0.2) is 11.1 Å². The molecule has 3 aromatic rings. The second kappa shape index (κ2) is 6.45. The predicted octanol–water partition coefficient (Wildman–Crippen LogP) is 4.64. The average Bonchev–Trinajstić information content (AvgIpc) is 2.54. The van der Waals surface area contributed by atoms with Crippen LogP contribution in [0.5, 0.6) is 0 Å². The van der Waals surface area contributed by atoms with Gasteiger partial charge in [-0.05, 0) is 29.7 Å². The lowest BCUT2D eigenvalue weighted by molar-refractivity contribution is 0.155. The number of pyridine rings is 1. The van der Waals surface area contributed by atoms with Crippen molar-refractivity contribution in [2.24, 2.45) is 0 Å². The van der Waals surface area contributed by atoms with Crippen LogP contribution >= 0.6 is 11.6 Å². The fourth-order valence-electron chi connectivity index (χ4n) is 2.07. The van der Waals surface area contributed by atoms with Gasteiger partial charge in [-0.1, -0.05) is 35.9 Å². The molecule has 22 heavy (non-hydrogen) atoms. The van der Waals surface area contributed by atoms with Gasteiger partial charge in [-0.25, -0.2) is 4.79 Å². The first-order valence-corrected chi connectivity index (χ1v) is 7.11. The molecule has 0 aliphatic rings. The molecule has 0 saturated carbocycles. The zero-order chi connectivity index (χ0) is 15.4. The van der Waals surface area contributed by atoms with Gasteiger partial charge in [0, 0.05) is 34.1 Å². The second-order valence-electron chi connectivity index (χ2n) is 4.73. The number of anilines is 1. The number of nitrogens with zero attached hydrogens (tertiary/aromatic N) is 1. The lowest BCUT2D eigenvalue weighted by atomic mass is 10.1. The van der Waals surface area contributed by atoms with Crippen LogP contribution in [0.4, 0.5) is 10.5 Å². The molecule has 0 bridgehead atoms. The molecule has 1 amide bonds. The van der Waals surface area contributed by atoms with Crippen molar-refractivity contribution in [2.45, 2.75) is 6.61 Å². The van der Waals surface area contributed by atoms with Crippen molar-refractivity contribution in [1.82, 2.24) is 4.98 Å². The summed E-state index contributed by atoms with van der Waals surface area (Å²) in [4.78, 5) is 15.9. The highest BCUT2D eigenvalue weighted by Crippen LogP contribution is 2.19. The van der Waals surface area contributed by atoms with Crippen LogP contribution in [-0.2, 0) is 11.3 Å². The van der Waals surface area contributed by atoms with Crippen molar-refractivity contribution in [2.75, 3.05) is 5.32 Å². The van der Waals surface area contributed by atoms with E-state index >= 15 is 0 Å². The summed E-state index contributed by atoms with van der Waals surface area (Å²) in [6, 6.07) is 14.7. The number of fused-ring (bicyclic) bond motifs is 1. The van der Waals surface area contributed by atoms with Crippen LogP contribution in [0.25, 0.3) is 10.8 Å². The number of rotatable bonds is 3. The van der Waals surface area contributed by atoms with Gasteiger partial charge in [0.1, 0.15) is 6.61 Å². The molecule has 0 aliphatic carbocycles. The minimum atomic E-state index is -0.520. The zero-order valence-electron chi connectivity index (χ0n) is 11.6. The highest BCUT2D eigenvalue weighted by Gasteiger charge is 2.06. The largest absolute Gasteiger partial charge is 0.444 e. The molecule has 0 saturated heterocycles. The molecule has 5 heteroatoms. The minimum absolute atomic E-state index is 0.128. The van der Waals surface area contributed by atoms with Crippen molar-refractivity contribution in [3.05, 3.63) is 71.5 Å². The molecule has 4 nitrogen and oxygen atoms in total. The summed E-state index contributed by atoms with van der Waals surface area (Å²) in [5.74, 6) is 0. The number of carbonyl (C=O) groups excluding carboxylic acids is 1. The number of amides is 1.